The summed E-state index contributed by atoms with van der Waals surface area (Å²) in [5, 5.41) is 5.58. The van der Waals surface area contributed by atoms with Crippen LogP contribution < -0.4 is 15.4 Å². The summed E-state index contributed by atoms with van der Waals surface area (Å²) in [7, 11) is -3.62. The molecule has 0 saturated carbocycles. The van der Waals surface area contributed by atoms with Crippen LogP contribution in [0.5, 0.6) is 0 Å². The molecule has 3 N–H and O–H groups in total. The number of sulfonamides is 1. The first-order valence-electron chi connectivity index (χ1n) is 9.35. The number of hydrogen-bond acceptors (Lipinski definition) is 4. The van der Waals surface area contributed by atoms with E-state index in [1.165, 1.54) is 12.1 Å². The molecule has 0 radical (unpaired) electrons. The van der Waals surface area contributed by atoms with E-state index in [1.54, 1.807) is 30.3 Å². The van der Waals surface area contributed by atoms with Crippen LogP contribution in [0.2, 0.25) is 0 Å². The van der Waals surface area contributed by atoms with E-state index in [1.807, 2.05) is 36.4 Å². The van der Waals surface area contributed by atoms with Crippen molar-refractivity contribution in [1.29, 1.82) is 0 Å². The summed E-state index contributed by atoms with van der Waals surface area (Å²) in [5.41, 5.74) is 2.08. The van der Waals surface area contributed by atoms with Crippen molar-refractivity contribution in [2.75, 3.05) is 11.9 Å². The predicted octanol–water partition coefficient (Wildman–Crippen LogP) is 4.10. The molecule has 160 valence electrons. The van der Waals surface area contributed by atoms with Gasteiger partial charge in [-0.15, -0.1) is 0 Å². The lowest BCUT2D eigenvalue weighted by Gasteiger charge is -2.11. The molecular weight excluding hydrogens is 498 g/mol. The molecule has 31 heavy (non-hydrogen) atoms. The highest BCUT2D eigenvalue weighted by Gasteiger charge is 2.14. The Hall–Kier alpha value is -2.59. The molecule has 1 amide bonds. The number of hydrogen-bond donors (Lipinski definition) is 3. The number of halogens is 1. The Labute approximate surface area is 195 Å². The summed E-state index contributed by atoms with van der Waals surface area (Å²) in [6, 6.07) is 22.7. The molecule has 0 heterocycles. The highest BCUT2D eigenvalue weighted by molar-refractivity contribution is 9.10. The van der Waals surface area contributed by atoms with Crippen LogP contribution >= 0.6 is 28.1 Å². The molecule has 6 nitrogen and oxygen atoms in total. The van der Waals surface area contributed by atoms with Crippen molar-refractivity contribution in [3.8, 4) is 0 Å². The van der Waals surface area contributed by atoms with Gasteiger partial charge in [-0.25, -0.2) is 13.1 Å². The lowest BCUT2D eigenvalue weighted by Crippen LogP contribution is -2.34. The molecule has 3 aromatic carbocycles. The van der Waals surface area contributed by atoms with E-state index < -0.39 is 10.0 Å². The van der Waals surface area contributed by atoms with Gasteiger partial charge in [-0.3, -0.25) is 10.1 Å². The number of carbonyl (C=O) groups excluding carboxylic acids is 1. The van der Waals surface area contributed by atoms with Crippen LogP contribution in [0.25, 0.3) is 0 Å². The SMILES string of the molecule is O=C(NC(=S)Nc1ccc(S(=O)(=O)NCCc2ccccc2)cc1)c1cccc(Br)c1. The Morgan fingerprint density at radius 1 is 0.935 bits per heavy atom. The second kappa shape index (κ2) is 10.6. The zero-order valence-electron chi connectivity index (χ0n) is 16.3. The molecule has 3 rings (SSSR count). The normalized spacial score (nSPS) is 11.0. The maximum absolute atomic E-state index is 12.5. The van der Waals surface area contributed by atoms with Crippen molar-refractivity contribution in [1.82, 2.24) is 10.0 Å². The highest BCUT2D eigenvalue weighted by atomic mass is 79.9. The molecule has 0 aliphatic heterocycles. The lowest BCUT2D eigenvalue weighted by atomic mass is 10.2. The number of amides is 1. The minimum atomic E-state index is -3.62. The number of anilines is 1. The van der Waals surface area contributed by atoms with E-state index in [0.29, 0.717) is 24.2 Å². The fourth-order valence-corrected chi connectivity index (χ4v) is 4.38. The summed E-state index contributed by atoms with van der Waals surface area (Å²) in [6.07, 6.45) is 0.603. The fraction of sp³-hybridized carbons (Fsp3) is 0.0909. The topological polar surface area (TPSA) is 87.3 Å². The molecule has 0 bridgehead atoms. The molecule has 0 aromatic heterocycles. The van der Waals surface area contributed by atoms with Gasteiger partial charge in [-0.05, 0) is 66.7 Å². The van der Waals surface area contributed by atoms with Crippen LogP contribution in [-0.2, 0) is 16.4 Å². The van der Waals surface area contributed by atoms with Crippen molar-refractivity contribution >= 4 is 54.9 Å². The van der Waals surface area contributed by atoms with Crippen molar-refractivity contribution < 1.29 is 13.2 Å². The Bertz CT molecular complexity index is 1170. The summed E-state index contributed by atoms with van der Waals surface area (Å²) in [5.74, 6) is -0.347. The van der Waals surface area contributed by atoms with Gasteiger partial charge in [0.15, 0.2) is 5.11 Å². The first-order valence-corrected chi connectivity index (χ1v) is 12.0. The minimum absolute atomic E-state index is 0.113. The Balaban J connectivity index is 1.54. The van der Waals surface area contributed by atoms with Gasteiger partial charge in [0, 0.05) is 22.3 Å². The number of rotatable bonds is 7. The third-order valence-electron chi connectivity index (χ3n) is 4.28. The summed E-state index contributed by atoms with van der Waals surface area (Å²) in [4.78, 5) is 12.4. The second-order valence-corrected chi connectivity index (χ2v) is 9.67. The molecule has 0 aliphatic carbocycles. The van der Waals surface area contributed by atoms with Gasteiger partial charge in [0.2, 0.25) is 10.0 Å². The standard InChI is InChI=1S/C22H20BrN3O3S2/c23-18-8-4-7-17(15-18)21(27)26-22(30)25-19-9-11-20(12-10-19)31(28,29)24-14-13-16-5-2-1-3-6-16/h1-12,15,24H,13-14H2,(H2,25,26,27,30). The van der Waals surface area contributed by atoms with Crippen LogP contribution in [0.1, 0.15) is 15.9 Å². The van der Waals surface area contributed by atoms with Crippen LogP contribution in [0.3, 0.4) is 0 Å². The third kappa shape index (κ3) is 6.96. The van der Waals surface area contributed by atoms with Gasteiger partial charge in [0.25, 0.3) is 5.91 Å². The second-order valence-electron chi connectivity index (χ2n) is 6.58. The zero-order chi connectivity index (χ0) is 22.3. The van der Waals surface area contributed by atoms with Crippen molar-refractivity contribution in [3.63, 3.8) is 0 Å². The fourth-order valence-electron chi connectivity index (χ4n) is 2.74. The van der Waals surface area contributed by atoms with Crippen molar-refractivity contribution in [2.24, 2.45) is 0 Å². The van der Waals surface area contributed by atoms with Crippen LogP contribution in [0.4, 0.5) is 5.69 Å². The molecule has 0 spiro atoms. The lowest BCUT2D eigenvalue weighted by molar-refractivity contribution is 0.0977. The van der Waals surface area contributed by atoms with E-state index in [9.17, 15) is 13.2 Å². The first kappa shape index (κ1) is 23.1. The summed E-state index contributed by atoms with van der Waals surface area (Å²) in [6.45, 7) is 0.304. The van der Waals surface area contributed by atoms with Crippen LogP contribution in [-0.4, -0.2) is 26.0 Å². The Morgan fingerprint density at radius 3 is 2.32 bits per heavy atom. The molecular formula is C22H20BrN3O3S2. The number of benzene rings is 3. The molecule has 0 unspecified atom stereocenters. The molecule has 0 atom stereocenters. The average molecular weight is 518 g/mol. The average Bonchev–Trinajstić information content (AvgIpc) is 2.74. The smallest absolute Gasteiger partial charge is 0.257 e. The largest absolute Gasteiger partial charge is 0.332 e. The highest BCUT2D eigenvalue weighted by Crippen LogP contribution is 2.15. The summed E-state index contributed by atoms with van der Waals surface area (Å²) >= 11 is 8.49. The van der Waals surface area contributed by atoms with Crippen LogP contribution in [0.15, 0.2) is 88.2 Å². The maximum Gasteiger partial charge on any atom is 0.257 e. The number of carbonyl (C=O) groups is 1. The number of nitrogens with one attached hydrogen (secondary N) is 3. The van der Waals surface area contributed by atoms with Gasteiger partial charge in [-0.2, -0.15) is 0 Å². The molecule has 0 aliphatic rings. The van der Waals surface area contributed by atoms with E-state index in [0.717, 1.165) is 10.0 Å². The van der Waals surface area contributed by atoms with E-state index in [4.69, 9.17) is 12.2 Å². The van der Waals surface area contributed by atoms with E-state index >= 15 is 0 Å². The van der Waals surface area contributed by atoms with Crippen molar-refractivity contribution in [2.45, 2.75) is 11.3 Å². The monoisotopic (exact) mass is 517 g/mol. The number of thiocarbonyl (C=S) groups is 1. The quantitative estimate of drug-likeness (QED) is 0.410. The predicted molar refractivity (Wildman–Crippen MR) is 130 cm³/mol. The molecule has 0 saturated heterocycles. The van der Waals surface area contributed by atoms with Gasteiger partial charge < -0.3 is 5.32 Å². The van der Waals surface area contributed by atoms with Crippen molar-refractivity contribution in [3.05, 3.63) is 94.5 Å². The van der Waals surface area contributed by atoms with E-state index in [-0.39, 0.29) is 15.9 Å². The van der Waals surface area contributed by atoms with Gasteiger partial charge in [0.05, 0.1) is 4.90 Å². The van der Waals surface area contributed by atoms with Gasteiger partial charge in [-0.1, -0.05) is 52.3 Å². The molecule has 3 aromatic rings. The maximum atomic E-state index is 12.5. The van der Waals surface area contributed by atoms with Gasteiger partial charge in [0.1, 0.15) is 0 Å². The Kier molecular flexibility index (Phi) is 7.91. The first-order chi connectivity index (χ1) is 14.8. The summed E-state index contributed by atoms with van der Waals surface area (Å²) < 4.78 is 28.3. The zero-order valence-corrected chi connectivity index (χ0v) is 19.6. The van der Waals surface area contributed by atoms with E-state index in [2.05, 4.69) is 31.3 Å². The minimum Gasteiger partial charge on any atom is -0.332 e. The third-order valence-corrected chi connectivity index (χ3v) is 6.46. The van der Waals surface area contributed by atoms with Gasteiger partial charge >= 0.3 is 0 Å². The molecule has 9 heteroatoms. The Morgan fingerprint density at radius 2 is 1.65 bits per heavy atom. The van der Waals surface area contributed by atoms with Crippen LogP contribution in [0, 0.1) is 0 Å². The molecule has 0 fully saturated rings.